The molecule has 0 unspecified atom stereocenters. The van der Waals surface area contributed by atoms with E-state index in [-0.39, 0.29) is 12.2 Å². The number of halogens is 3. The van der Waals surface area contributed by atoms with Crippen LogP contribution in [0.15, 0.2) is 27.6 Å². The first-order valence-corrected chi connectivity index (χ1v) is 6.87. The third-order valence-corrected chi connectivity index (χ3v) is 3.73. The van der Waals surface area contributed by atoms with Gasteiger partial charge in [0.05, 0.1) is 11.1 Å². The number of thiazole rings is 1. The quantitative estimate of drug-likeness (QED) is 0.432. The molecule has 8 heteroatoms. The molecule has 100 valence electrons. The van der Waals surface area contributed by atoms with Crippen LogP contribution in [-0.2, 0) is 4.84 Å². The predicted molar refractivity (Wildman–Crippen MR) is 67.0 cm³/mol. The molecule has 0 spiro atoms. The molecular weight excluding hydrogens is 285 g/mol. The van der Waals surface area contributed by atoms with Gasteiger partial charge in [0.1, 0.15) is 10.9 Å². The Morgan fingerprint density at radius 2 is 2.33 bits per heavy atom. The number of hydrogen-bond donors (Lipinski definition) is 0. The number of oxime groups is 1. The number of hydrogen-bond acceptors (Lipinski definition) is 5. The zero-order chi connectivity index (χ0) is 13.4. The lowest BCUT2D eigenvalue weighted by Crippen LogP contribution is -1.81. The van der Waals surface area contributed by atoms with Crippen molar-refractivity contribution < 1.29 is 18.0 Å². The highest BCUT2D eigenvalue weighted by atomic mass is 32.2. The summed E-state index contributed by atoms with van der Waals surface area (Å²) in [6.07, 6.45) is 0.568. The summed E-state index contributed by atoms with van der Waals surface area (Å²) in [5.41, 5.74) is 0. The number of thioether (sulfide) groups is 1. The summed E-state index contributed by atoms with van der Waals surface area (Å²) in [4.78, 5) is 9.62. The molecule has 0 aliphatic heterocycles. The van der Waals surface area contributed by atoms with Gasteiger partial charge in [-0.15, -0.1) is 11.3 Å². The average Bonchev–Trinajstić information content (AvgIpc) is 2.77. The van der Waals surface area contributed by atoms with Gasteiger partial charge in [-0.2, -0.15) is 8.78 Å². The highest BCUT2D eigenvalue weighted by Gasteiger charge is 2.06. The molecule has 1 aromatic rings. The second-order valence-electron chi connectivity index (χ2n) is 2.94. The van der Waals surface area contributed by atoms with E-state index in [2.05, 4.69) is 10.1 Å². The second-order valence-corrected chi connectivity index (χ2v) is 5.35. The predicted octanol–water partition coefficient (Wildman–Crippen LogP) is 4.07. The average molecular weight is 296 g/mol. The van der Waals surface area contributed by atoms with Crippen molar-refractivity contribution in [3.63, 3.8) is 0 Å². The minimum absolute atomic E-state index is 0.221. The van der Waals surface area contributed by atoms with Gasteiger partial charge in [0, 0.05) is 18.4 Å². The molecule has 0 radical (unpaired) electrons. The number of allylic oxidation sites excluding steroid dienone is 1. The Morgan fingerprint density at radius 1 is 1.56 bits per heavy atom. The molecule has 0 atom stereocenters. The lowest BCUT2D eigenvalue weighted by atomic mass is 10.4. The van der Waals surface area contributed by atoms with E-state index in [1.807, 2.05) is 6.92 Å². The fourth-order valence-corrected chi connectivity index (χ4v) is 2.75. The normalized spacial score (nSPS) is 10.9. The Bertz CT molecular complexity index is 431. The van der Waals surface area contributed by atoms with Gasteiger partial charge in [0.15, 0.2) is 5.83 Å². The van der Waals surface area contributed by atoms with Crippen LogP contribution < -0.4 is 0 Å². The van der Waals surface area contributed by atoms with Crippen LogP contribution in [0.4, 0.5) is 13.2 Å². The molecular formula is C10H11F3N2OS2. The Labute approximate surface area is 111 Å². The Balaban J connectivity index is 2.38. The van der Waals surface area contributed by atoms with Crippen molar-refractivity contribution in [3.05, 3.63) is 23.0 Å². The van der Waals surface area contributed by atoms with E-state index in [4.69, 9.17) is 4.84 Å². The summed E-state index contributed by atoms with van der Waals surface area (Å²) >= 11 is 2.56. The van der Waals surface area contributed by atoms with Gasteiger partial charge in [-0.25, -0.2) is 9.37 Å². The number of aromatic nitrogens is 1. The van der Waals surface area contributed by atoms with Crippen molar-refractivity contribution in [1.82, 2.24) is 4.98 Å². The van der Waals surface area contributed by atoms with Crippen LogP contribution in [0.2, 0.25) is 0 Å². The van der Waals surface area contributed by atoms with Gasteiger partial charge in [-0.3, -0.25) is 0 Å². The summed E-state index contributed by atoms with van der Waals surface area (Å²) in [6, 6.07) is 0. The van der Waals surface area contributed by atoms with Crippen LogP contribution in [0.1, 0.15) is 18.2 Å². The van der Waals surface area contributed by atoms with Gasteiger partial charge in [0.2, 0.25) is 0 Å². The van der Waals surface area contributed by atoms with Gasteiger partial charge < -0.3 is 4.84 Å². The molecule has 1 aromatic heterocycles. The fourth-order valence-electron chi connectivity index (χ4n) is 0.882. The van der Waals surface area contributed by atoms with Crippen LogP contribution >= 0.6 is 23.1 Å². The highest BCUT2D eigenvalue weighted by molar-refractivity contribution is 8.01. The first kappa shape index (κ1) is 15.0. The van der Waals surface area contributed by atoms with Crippen molar-refractivity contribution in [2.45, 2.75) is 17.7 Å². The van der Waals surface area contributed by atoms with Crippen molar-refractivity contribution in [2.24, 2.45) is 5.16 Å². The lowest BCUT2D eigenvalue weighted by Gasteiger charge is -1.94. The molecule has 1 heterocycles. The van der Waals surface area contributed by atoms with E-state index < -0.39 is 11.9 Å². The van der Waals surface area contributed by atoms with E-state index in [1.54, 1.807) is 6.20 Å². The summed E-state index contributed by atoms with van der Waals surface area (Å²) in [5, 5.41) is 3.67. The summed E-state index contributed by atoms with van der Waals surface area (Å²) in [6.45, 7) is 2.30. The zero-order valence-corrected chi connectivity index (χ0v) is 11.2. The molecule has 3 nitrogen and oxygen atoms in total. The molecule has 0 N–H and O–H groups in total. The van der Waals surface area contributed by atoms with E-state index in [0.29, 0.717) is 10.9 Å². The van der Waals surface area contributed by atoms with Crippen molar-refractivity contribution in [3.8, 4) is 0 Å². The zero-order valence-electron chi connectivity index (χ0n) is 9.53. The molecule has 0 aliphatic carbocycles. The molecule has 0 amide bonds. The summed E-state index contributed by atoms with van der Waals surface area (Å²) in [7, 11) is 0. The summed E-state index contributed by atoms with van der Waals surface area (Å²) < 4.78 is 36.7. The van der Waals surface area contributed by atoms with Gasteiger partial charge in [0.25, 0.3) is 0 Å². The van der Waals surface area contributed by atoms with Crippen molar-refractivity contribution in [1.29, 1.82) is 0 Å². The fraction of sp³-hybridized carbons (Fsp3) is 0.400. The smallest absolute Gasteiger partial charge is 0.301 e. The topological polar surface area (TPSA) is 34.5 Å². The van der Waals surface area contributed by atoms with Crippen LogP contribution in [0.5, 0.6) is 0 Å². The third kappa shape index (κ3) is 5.54. The maximum Gasteiger partial charge on any atom is 0.301 e. The van der Waals surface area contributed by atoms with Gasteiger partial charge in [-0.05, 0) is 6.92 Å². The number of rotatable bonds is 7. The van der Waals surface area contributed by atoms with Gasteiger partial charge >= 0.3 is 6.08 Å². The number of nitrogens with zero attached hydrogens (tertiary/aromatic N) is 2. The standard InChI is InChI=1S/C10H11F3N2OS2/c1-2-16-15-6-7-5-14-10(18-7)17-4-3-8(11)9(12)13/h5-6H,2-4H2,1H3/b15-6-. The lowest BCUT2D eigenvalue weighted by molar-refractivity contribution is 0.160. The van der Waals surface area contributed by atoms with E-state index in [9.17, 15) is 13.2 Å². The monoisotopic (exact) mass is 296 g/mol. The molecule has 0 bridgehead atoms. The minimum atomic E-state index is -2.25. The SMILES string of the molecule is CCO/N=C\c1cnc(SCCC(F)=C(F)F)s1. The molecule has 0 saturated carbocycles. The largest absolute Gasteiger partial charge is 0.396 e. The maximum atomic E-state index is 12.5. The van der Waals surface area contributed by atoms with E-state index in [1.165, 1.54) is 29.3 Å². The molecule has 0 saturated heterocycles. The van der Waals surface area contributed by atoms with Crippen LogP contribution in [0, 0.1) is 0 Å². The van der Waals surface area contributed by atoms with Crippen molar-refractivity contribution >= 4 is 29.3 Å². The second kappa shape index (κ2) is 8.15. The highest BCUT2D eigenvalue weighted by Crippen LogP contribution is 2.26. The Hall–Kier alpha value is -1.02. The molecule has 0 aromatic carbocycles. The molecule has 0 fully saturated rings. The third-order valence-electron chi connectivity index (χ3n) is 1.64. The Morgan fingerprint density at radius 3 is 3.00 bits per heavy atom. The van der Waals surface area contributed by atoms with Crippen LogP contribution in [0.3, 0.4) is 0 Å². The summed E-state index contributed by atoms with van der Waals surface area (Å²) in [5.74, 6) is -1.14. The van der Waals surface area contributed by atoms with Crippen LogP contribution in [-0.4, -0.2) is 23.6 Å². The molecule has 1 rings (SSSR count). The van der Waals surface area contributed by atoms with E-state index >= 15 is 0 Å². The first-order chi connectivity index (χ1) is 8.63. The first-order valence-electron chi connectivity index (χ1n) is 5.07. The maximum absolute atomic E-state index is 12.5. The van der Waals surface area contributed by atoms with Gasteiger partial charge in [-0.1, -0.05) is 16.9 Å². The van der Waals surface area contributed by atoms with E-state index in [0.717, 1.165) is 4.88 Å². The molecule has 18 heavy (non-hydrogen) atoms. The Kier molecular flexibility index (Phi) is 6.81. The van der Waals surface area contributed by atoms with Crippen molar-refractivity contribution in [2.75, 3.05) is 12.4 Å². The van der Waals surface area contributed by atoms with Crippen LogP contribution in [0.25, 0.3) is 0 Å². The minimum Gasteiger partial charge on any atom is -0.396 e. The molecule has 0 aliphatic rings.